The van der Waals surface area contributed by atoms with Crippen LogP contribution >= 0.6 is 0 Å². The molecule has 20 heavy (non-hydrogen) atoms. The van der Waals surface area contributed by atoms with Crippen molar-refractivity contribution in [3.8, 4) is 11.5 Å². The van der Waals surface area contributed by atoms with Gasteiger partial charge in [0.1, 0.15) is 11.5 Å². The average Bonchev–Trinajstić information content (AvgIpc) is 2.44. The lowest BCUT2D eigenvalue weighted by Crippen LogP contribution is -2.33. The highest BCUT2D eigenvalue weighted by atomic mass is 16.5. The third-order valence-electron chi connectivity index (χ3n) is 2.93. The third kappa shape index (κ3) is 4.93. The van der Waals surface area contributed by atoms with E-state index in [9.17, 15) is 4.79 Å². The third-order valence-corrected chi connectivity index (χ3v) is 2.93. The first-order valence-corrected chi connectivity index (χ1v) is 6.37. The Balaban J connectivity index is 2.89. The maximum absolute atomic E-state index is 10.9. The zero-order valence-electron chi connectivity index (χ0n) is 11.9. The molecule has 0 fully saturated rings. The topological polar surface area (TPSA) is 67.8 Å². The lowest BCUT2D eigenvalue weighted by Gasteiger charge is -2.18. The van der Waals surface area contributed by atoms with Crippen molar-refractivity contribution in [3.63, 3.8) is 0 Å². The highest BCUT2D eigenvalue weighted by Gasteiger charge is 2.16. The molecule has 0 heterocycles. The summed E-state index contributed by atoms with van der Waals surface area (Å²) in [6.07, 6.45) is 2.28. The van der Waals surface area contributed by atoms with Crippen LogP contribution in [-0.2, 0) is 11.2 Å². The highest BCUT2D eigenvalue weighted by molar-refractivity contribution is 5.67. The van der Waals surface area contributed by atoms with E-state index in [4.69, 9.17) is 14.6 Å². The number of aliphatic carboxylic acids is 1. The van der Waals surface area contributed by atoms with Gasteiger partial charge in [0.25, 0.3) is 0 Å². The molecule has 0 amide bonds. The van der Waals surface area contributed by atoms with Gasteiger partial charge in [-0.1, -0.05) is 6.08 Å². The predicted octanol–water partition coefficient (Wildman–Crippen LogP) is 1.87. The number of nitrogens with one attached hydrogen (secondary N) is 1. The van der Waals surface area contributed by atoms with Crippen molar-refractivity contribution < 1.29 is 19.4 Å². The molecular formula is C15H21NO4. The molecule has 0 aliphatic carbocycles. The molecule has 1 aromatic carbocycles. The van der Waals surface area contributed by atoms with Crippen molar-refractivity contribution in [1.82, 2.24) is 5.32 Å². The number of rotatable bonds is 9. The van der Waals surface area contributed by atoms with E-state index in [2.05, 4.69) is 11.9 Å². The second kappa shape index (κ2) is 8.22. The molecule has 0 saturated carbocycles. The molecule has 0 aliphatic heterocycles. The second-order valence-electron chi connectivity index (χ2n) is 4.37. The minimum absolute atomic E-state index is 0.0359. The van der Waals surface area contributed by atoms with Crippen LogP contribution in [0.15, 0.2) is 30.9 Å². The van der Waals surface area contributed by atoms with E-state index >= 15 is 0 Å². The Morgan fingerprint density at radius 3 is 2.75 bits per heavy atom. The maximum atomic E-state index is 10.9. The summed E-state index contributed by atoms with van der Waals surface area (Å²) >= 11 is 0. The van der Waals surface area contributed by atoms with Crippen molar-refractivity contribution in [3.05, 3.63) is 36.4 Å². The van der Waals surface area contributed by atoms with Gasteiger partial charge >= 0.3 is 5.97 Å². The van der Waals surface area contributed by atoms with Gasteiger partial charge in [-0.15, -0.1) is 6.58 Å². The highest BCUT2D eigenvalue weighted by Crippen LogP contribution is 2.25. The molecular weight excluding hydrogens is 258 g/mol. The van der Waals surface area contributed by atoms with E-state index in [1.165, 1.54) is 0 Å². The minimum Gasteiger partial charge on any atom is -0.497 e. The fourth-order valence-corrected chi connectivity index (χ4v) is 1.98. The lowest BCUT2D eigenvalue weighted by molar-refractivity contribution is -0.137. The summed E-state index contributed by atoms with van der Waals surface area (Å²) in [6, 6.07) is 5.31. The van der Waals surface area contributed by atoms with Gasteiger partial charge in [-0.25, -0.2) is 0 Å². The Bertz CT molecular complexity index is 459. The second-order valence-corrected chi connectivity index (χ2v) is 4.37. The smallest absolute Gasteiger partial charge is 0.304 e. The molecule has 1 rings (SSSR count). The zero-order valence-corrected chi connectivity index (χ0v) is 11.9. The molecule has 0 bridgehead atoms. The Kier molecular flexibility index (Phi) is 6.59. The standard InChI is InChI=1S/C15H21NO4/c1-4-7-16-12(10-15(17)18)8-11-9-13(19-2)5-6-14(11)20-3/h4-6,9,12,16H,1,7-8,10H2,2-3H3,(H,17,18). The molecule has 0 aromatic heterocycles. The van der Waals surface area contributed by atoms with Crippen LogP contribution in [0.5, 0.6) is 11.5 Å². The number of carboxylic acids is 1. The Labute approximate surface area is 119 Å². The fraction of sp³-hybridized carbons (Fsp3) is 0.400. The average molecular weight is 279 g/mol. The largest absolute Gasteiger partial charge is 0.497 e. The molecule has 5 heteroatoms. The molecule has 0 aliphatic rings. The van der Waals surface area contributed by atoms with Crippen molar-refractivity contribution in [2.45, 2.75) is 18.9 Å². The van der Waals surface area contributed by atoms with Crippen molar-refractivity contribution in [2.24, 2.45) is 0 Å². The zero-order chi connectivity index (χ0) is 15.0. The van der Waals surface area contributed by atoms with E-state index in [0.717, 1.165) is 17.1 Å². The Hall–Kier alpha value is -2.01. The van der Waals surface area contributed by atoms with E-state index < -0.39 is 5.97 Å². The summed E-state index contributed by atoms with van der Waals surface area (Å²) in [4.78, 5) is 10.9. The molecule has 1 atom stereocenters. The summed E-state index contributed by atoms with van der Waals surface area (Å²) < 4.78 is 10.5. The van der Waals surface area contributed by atoms with Crippen molar-refractivity contribution >= 4 is 5.97 Å². The molecule has 1 unspecified atom stereocenters. The number of carbonyl (C=O) groups is 1. The van der Waals surface area contributed by atoms with E-state index in [-0.39, 0.29) is 12.5 Å². The molecule has 2 N–H and O–H groups in total. The first-order chi connectivity index (χ1) is 9.60. The maximum Gasteiger partial charge on any atom is 0.304 e. The molecule has 1 aromatic rings. The van der Waals surface area contributed by atoms with Crippen molar-refractivity contribution in [1.29, 1.82) is 0 Å². The van der Waals surface area contributed by atoms with Gasteiger partial charge in [0, 0.05) is 12.6 Å². The van der Waals surface area contributed by atoms with Gasteiger partial charge in [0.05, 0.1) is 20.6 Å². The molecule has 0 spiro atoms. The van der Waals surface area contributed by atoms with Gasteiger partial charge in [0.15, 0.2) is 0 Å². The van der Waals surface area contributed by atoms with Gasteiger partial charge in [0.2, 0.25) is 0 Å². The van der Waals surface area contributed by atoms with Crippen LogP contribution in [0.25, 0.3) is 0 Å². The van der Waals surface area contributed by atoms with E-state index in [1.807, 2.05) is 18.2 Å². The minimum atomic E-state index is -0.839. The Morgan fingerprint density at radius 1 is 1.45 bits per heavy atom. The number of hydrogen-bond donors (Lipinski definition) is 2. The van der Waals surface area contributed by atoms with Crippen LogP contribution in [0.2, 0.25) is 0 Å². The van der Waals surface area contributed by atoms with Crippen LogP contribution in [0.4, 0.5) is 0 Å². The summed E-state index contributed by atoms with van der Waals surface area (Å²) in [5.41, 5.74) is 0.912. The van der Waals surface area contributed by atoms with Gasteiger partial charge in [-0.05, 0) is 30.2 Å². The van der Waals surface area contributed by atoms with E-state index in [0.29, 0.717) is 13.0 Å². The van der Waals surface area contributed by atoms with Gasteiger partial charge in [-0.2, -0.15) is 0 Å². The summed E-state index contributed by atoms with van der Waals surface area (Å²) in [6.45, 7) is 4.19. The van der Waals surface area contributed by atoms with Crippen LogP contribution in [-0.4, -0.2) is 37.9 Å². The number of methoxy groups -OCH3 is 2. The summed E-state index contributed by atoms with van der Waals surface area (Å²) in [5, 5.41) is 12.1. The first kappa shape index (κ1) is 16.0. The number of benzene rings is 1. The molecule has 5 nitrogen and oxygen atoms in total. The molecule has 0 radical (unpaired) electrons. The predicted molar refractivity (Wildman–Crippen MR) is 77.5 cm³/mol. The van der Waals surface area contributed by atoms with Crippen molar-refractivity contribution in [2.75, 3.05) is 20.8 Å². The summed E-state index contributed by atoms with van der Waals surface area (Å²) in [7, 11) is 3.19. The normalized spacial score (nSPS) is 11.7. The SMILES string of the molecule is C=CCNC(CC(=O)O)Cc1cc(OC)ccc1OC. The van der Waals surface area contributed by atoms with Gasteiger partial charge in [-0.3, -0.25) is 4.79 Å². The number of ether oxygens (including phenoxy) is 2. The summed E-state index contributed by atoms with van der Waals surface area (Å²) in [5.74, 6) is 0.605. The molecule has 0 saturated heterocycles. The van der Waals surface area contributed by atoms with Crippen LogP contribution < -0.4 is 14.8 Å². The number of carboxylic acid groups (broad SMARTS) is 1. The number of hydrogen-bond acceptors (Lipinski definition) is 4. The van der Waals surface area contributed by atoms with Gasteiger partial charge < -0.3 is 19.9 Å². The molecule has 110 valence electrons. The van der Waals surface area contributed by atoms with E-state index in [1.54, 1.807) is 20.3 Å². The Morgan fingerprint density at radius 2 is 2.20 bits per heavy atom. The van der Waals surface area contributed by atoms with Crippen LogP contribution in [0, 0.1) is 0 Å². The lowest BCUT2D eigenvalue weighted by atomic mass is 10.0. The van der Waals surface area contributed by atoms with Crippen LogP contribution in [0.1, 0.15) is 12.0 Å². The first-order valence-electron chi connectivity index (χ1n) is 6.37. The monoisotopic (exact) mass is 279 g/mol. The van der Waals surface area contributed by atoms with Crippen LogP contribution in [0.3, 0.4) is 0 Å². The fourth-order valence-electron chi connectivity index (χ4n) is 1.98. The quantitative estimate of drug-likeness (QED) is 0.675.